The molecule has 2 aliphatic rings. The normalized spacial score (nSPS) is 19.6. The second-order valence-corrected chi connectivity index (χ2v) is 12.5. The van der Waals surface area contributed by atoms with Crippen LogP contribution in [0.4, 0.5) is 5.13 Å². The van der Waals surface area contributed by atoms with E-state index in [0.29, 0.717) is 49.1 Å². The number of amides is 1. The number of nitrogens with zero attached hydrogens (tertiary/aromatic N) is 4. The van der Waals surface area contributed by atoms with Crippen molar-refractivity contribution in [3.63, 3.8) is 0 Å². The molecule has 2 aliphatic heterocycles. The topological polar surface area (TPSA) is 83.0 Å². The zero-order chi connectivity index (χ0) is 25.4. The summed E-state index contributed by atoms with van der Waals surface area (Å²) in [6.45, 7) is 4.88. The molecular weight excluding hydrogens is 520 g/mol. The molecule has 8 nitrogen and oxygen atoms in total. The van der Waals surface area contributed by atoms with Crippen molar-refractivity contribution in [3.05, 3.63) is 47.0 Å². The van der Waals surface area contributed by atoms with E-state index in [2.05, 4.69) is 4.90 Å². The minimum atomic E-state index is -3.56. The molecule has 1 aromatic heterocycles. The molecule has 2 fully saturated rings. The van der Waals surface area contributed by atoms with Crippen LogP contribution in [0.25, 0.3) is 10.2 Å². The molecule has 36 heavy (non-hydrogen) atoms. The fourth-order valence-electron chi connectivity index (χ4n) is 4.86. The number of carbonyl (C=O) groups excluding carboxylic acids is 1. The average Bonchev–Trinajstić information content (AvgIpc) is 3.35. The lowest BCUT2D eigenvalue weighted by atomic mass is 10.1. The maximum atomic E-state index is 13.1. The van der Waals surface area contributed by atoms with Gasteiger partial charge in [0.05, 0.1) is 21.7 Å². The van der Waals surface area contributed by atoms with Gasteiger partial charge in [0.25, 0.3) is 5.91 Å². The van der Waals surface area contributed by atoms with Crippen LogP contribution in [-0.2, 0) is 10.0 Å². The van der Waals surface area contributed by atoms with E-state index in [1.165, 1.54) is 11.3 Å². The van der Waals surface area contributed by atoms with E-state index in [1.807, 2.05) is 19.1 Å². The SMILES string of the molecule is COc1ccc(Cl)c2sc(N3CCN(C(=O)c4ccc(S(=O)(=O)N5CCCCC5C)cc4)CC3)nc12. The Balaban J connectivity index is 1.25. The third-order valence-corrected chi connectivity index (χ3v) is 10.6. The van der Waals surface area contributed by atoms with Gasteiger partial charge >= 0.3 is 0 Å². The van der Waals surface area contributed by atoms with Gasteiger partial charge in [-0.05, 0) is 56.2 Å². The molecule has 0 bridgehead atoms. The molecule has 0 spiro atoms. The van der Waals surface area contributed by atoms with Crippen LogP contribution in [0.2, 0.25) is 5.02 Å². The smallest absolute Gasteiger partial charge is 0.253 e. The molecule has 0 saturated carbocycles. The Hall–Kier alpha value is -2.40. The number of halogens is 1. The predicted molar refractivity (Wildman–Crippen MR) is 143 cm³/mol. The third-order valence-electron chi connectivity index (χ3n) is 6.95. The summed E-state index contributed by atoms with van der Waals surface area (Å²) in [7, 11) is -1.94. The summed E-state index contributed by atoms with van der Waals surface area (Å²) in [6.07, 6.45) is 2.80. The van der Waals surface area contributed by atoms with Crippen LogP contribution in [0.5, 0.6) is 5.75 Å². The van der Waals surface area contributed by atoms with Gasteiger partial charge in [-0.15, -0.1) is 0 Å². The zero-order valence-corrected chi connectivity index (χ0v) is 22.7. The lowest BCUT2D eigenvalue weighted by Crippen LogP contribution is -2.48. The van der Waals surface area contributed by atoms with Gasteiger partial charge < -0.3 is 14.5 Å². The third kappa shape index (κ3) is 4.67. The van der Waals surface area contributed by atoms with Crippen LogP contribution < -0.4 is 9.64 Å². The van der Waals surface area contributed by atoms with Crippen molar-refractivity contribution in [1.29, 1.82) is 0 Å². The molecule has 0 radical (unpaired) electrons. The van der Waals surface area contributed by atoms with E-state index in [0.717, 1.165) is 34.6 Å². The number of aromatic nitrogens is 1. The number of hydrogen-bond acceptors (Lipinski definition) is 7. The van der Waals surface area contributed by atoms with Crippen molar-refractivity contribution in [2.24, 2.45) is 0 Å². The maximum absolute atomic E-state index is 13.1. The van der Waals surface area contributed by atoms with E-state index in [-0.39, 0.29) is 16.8 Å². The van der Waals surface area contributed by atoms with E-state index < -0.39 is 10.0 Å². The van der Waals surface area contributed by atoms with Crippen LogP contribution in [0.15, 0.2) is 41.3 Å². The number of thiazole rings is 1. The number of fused-ring (bicyclic) bond motifs is 1. The zero-order valence-electron chi connectivity index (χ0n) is 20.3. The van der Waals surface area contributed by atoms with Gasteiger partial charge in [0.1, 0.15) is 11.3 Å². The highest BCUT2D eigenvalue weighted by molar-refractivity contribution is 7.89. The van der Waals surface area contributed by atoms with Crippen molar-refractivity contribution in [2.75, 3.05) is 44.7 Å². The first-order chi connectivity index (χ1) is 17.3. The lowest BCUT2D eigenvalue weighted by molar-refractivity contribution is 0.0746. The Bertz CT molecular complexity index is 1370. The van der Waals surface area contributed by atoms with Gasteiger partial charge in [0.2, 0.25) is 10.0 Å². The number of sulfonamides is 1. The average molecular weight is 549 g/mol. The van der Waals surface area contributed by atoms with Gasteiger partial charge in [-0.3, -0.25) is 4.79 Å². The lowest BCUT2D eigenvalue weighted by Gasteiger charge is -2.34. The number of ether oxygens (including phenoxy) is 1. The van der Waals surface area contributed by atoms with E-state index >= 15 is 0 Å². The van der Waals surface area contributed by atoms with E-state index in [9.17, 15) is 13.2 Å². The summed E-state index contributed by atoms with van der Waals surface area (Å²) in [5.74, 6) is 0.588. The highest BCUT2D eigenvalue weighted by Crippen LogP contribution is 2.39. The van der Waals surface area contributed by atoms with Crippen LogP contribution >= 0.6 is 22.9 Å². The van der Waals surface area contributed by atoms with Crippen LogP contribution in [0.1, 0.15) is 36.5 Å². The Morgan fingerprint density at radius 2 is 1.78 bits per heavy atom. The number of piperazine rings is 1. The predicted octanol–water partition coefficient (Wildman–Crippen LogP) is 4.48. The fraction of sp³-hybridized carbons (Fsp3) is 0.440. The van der Waals surface area contributed by atoms with Crippen molar-refractivity contribution < 1.29 is 17.9 Å². The molecule has 0 N–H and O–H groups in total. The summed E-state index contributed by atoms with van der Waals surface area (Å²) >= 11 is 7.88. The fourth-order valence-corrected chi connectivity index (χ4v) is 7.87. The molecule has 2 saturated heterocycles. The van der Waals surface area contributed by atoms with E-state index in [1.54, 1.807) is 40.6 Å². The monoisotopic (exact) mass is 548 g/mol. The Kier molecular flexibility index (Phi) is 7.13. The summed E-state index contributed by atoms with van der Waals surface area (Å²) in [5.41, 5.74) is 1.24. The van der Waals surface area contributed by atoms with Gasteiger partial charge in [-0.1, -0.05) is 29.4 Å². The first kappa shape index (κ1) is 25.3. The van der Waals surface area contributed by atoms with Crippen molar-refractivity contribution in [1.82, 2.24) is 14.2 Å². The van der Waals surface area contributed by atoms with Crippen LogP contribution in [0, 0.1) is 0 Å². The first-order valence-electron chi connectivity index (χ1n) is 12.1. The van der Waals surface area contributed by atoms with Crippen LogP contribution in [-0.4, -0.2) is 74.4 Å². The first-order valence-corrected chi connectivity index (χ1v) is 14.7. The second-order valence-electron chi connectivity index (χ2n) is 9.19. The summed E-state index contributed by atoms with van der Waals surface area (Å²) in [6, 6.07) is 9.97. The number of benzene rings is 2. The molecule has 2 aromatic carbocycles. The highest BCUT2D eigenvalue weighted by atomic mass is 35.5. The summed E-state index contributed by atoms with van der Waals surface area (Å²) in [4.78, 5) is 22.1. The van der Waals surface area contributed by atoms with Gasteiger partial charge in [0.15, 0.2) is 5.13 Å². The minimum absolute atomic E-state index is 0.00565. The molecule has 11 heteroatoms. The molecule has 3 heterocycles. The summed E-state index contributed by atoms with van der Waals surface area (Å²) < 4.78 is 34.1. The van der Waals surface area contributed by atoms with Crippen molar-refractivity contribution >= 4 is 54.2 Å². The molecule has 1 atom stereocenters. The van der Waals surface area contributed by atoms with Gasteiger partial charge in [-0.25, -0.2) is 13.4 Å². The molecule has 3 aromatic rings. The minimum Gasteiger partial charge on any atom is -0.494 e. The van der Waals surface area contributed by atoms with Crippen LogP contribution in [0.3, 0.4) is 0 Å². The largest absolute Gasteiger partial charge is 0.494 e. The number of rotatable bonds is 5. The van der Waals surface area contributed by atoms with Gasteiger partial charge in [0, 0.05) is 44.3 Å². The molecule has 192 valence electrons. The second kappa shape index (κ2) is 10.2. The van der Waals surface area contributed by atoms with E-state index in [4.69, 9.17) is 21.3 Å². The summed E-state index contributed by atoms with van der Waals surface area (Å²) in [5, 5.41) is 1.49. The Morgan fingerprint density at radius 3 is 2.44 bits per heavy atom. The molecule has 1 unspecified atom stereocenters. The molecule has 1 amide bonds. The number of methoxy groups -OCH3 is 1. The number of hydrogen-bond donors (Lipinski definition) is 0. The Morgan fingerprint density at radius 1 is 1.06 bits per heavy atom. The highest BCUT2D eigenvalue weighted by Gasteiger charge is 2.31. The molecular formula is C25H29ClN4O4S2. The molecule has 5 rings (SSSR count). The standard InChI is InChI=1S/C25H29ClN4O4S2/c1-17-5-3-4-12-30(17)36(32,33)19-8-6-18(7-9-19)24(31)28-13-15-29(16-14-28)25-27-22-21(34-2)11-10-20(26)23(22)35-25/h6-11,17H,3-5,12-16H2,1-2H3. The van der Waals surface area contributed by atoms with Crippen molar-refractivity contribution in [3.8, 4) is 5.75 Å². The van der Waals surface area contributed by atoms with Gasteiger partial charge in [-0.2, -0.15) is 4.31 Å². The quantitative estimate of drug-likeness (QED) is 0.467. The Labute approximate surface area is 220 Å². The number of anilines is 1. The maximum Gasteiger partial charge on any atom is 0.253 e. The number of piperidine rings is 1. The van der Waals surface area contributed by atoms with Crippen molar-refractivity contribution in [2.45, 2.75) is 37.1 Å². The number of carbonyl (C=O) groups is 1. The molecule has 0 aliphatic carbocycles.